The Morgan fingerprint density at radius 2 is 2.00 bits per heavy atom. The van der Waals surface area contributed by atoms with E-state index in [0.717, 1.165) is 23.8 Å². The van der Waals surface area contributed by atoms with Crippen molar-refractivity contribution >= 4 is 5.97 Å². The van der Waals surface area contributed by atoms with Crippen molar-refractivity contribution in [2.45, 2.75) is 38.1 Å². The van der Waals surface area contributed by atoms with Crippen LogP contribution < -0.4 is 9.47 Å². The summed E-state index contributed by atoms with van der Waals surface area (Å²) in [6.07, 6.45) is -3.45. The van der Waals surface area contributed by atoms with Crippen molar-refractivity contribution in [3.8, 4) is 22.6 Å². The fraction of sp³-hybridized carbons (Fsp3) is 0.316. The second kappa shape index (κ2) is 7.46. The monoisotopic (exact) mass is 384 g/mol. The van der Waals surface area contributed by atoms with E-state index in [1.54, 1.807) is 18.2 Å². The van der Waals surface area contributed by atoms with Crippen LogP contribution in [0.4, 0.5) is 17.6 Å². The summed E-state index contributed by atoms with van der Waals surface area (Å²) >= 11 is 0. The van der Waals surface area contributed by atoms with Gasteiger partial charge in [0.2, 0.25) is 0 Å². The highest BCUT2D eigenvalue weighted by Crippen LogP contribution is 2.35. The van der Waals surface area contributed by atoms with Gasteiger partial charge in [-0.25, -0.2) is 4.39 Å². The average Bonchev–Trinajstić information content (AvgIpc) is 2.60. The SMILES string of the molecule is O=C(O)CC[C@@H]1CCc2cc(-c3cc(OC(F)(F)F)ccc3F)ccc2O1. The van der Waals surface area contributed by atoms with Crippen LogP contribution in [0.2, 0.25) is 0 Å². The molecule has 1 heterocycles. The number of halogens is 4. The van der Waals surface area contributed by atoms with Crippen LogP contribution in [-0.2, 0) is 11.2 Å². The molecule has 1 aliphatic heterocycles. The number of aryl methyl sites for hydroxylation is 1. The third-order valence-electron chi connectivity index (χ3n) is 4.25. The van der Waals surface area contributed by atoms with Crippen LogP contribution in [0, 0.1) is 5.82 Å². The van der Waals surface area contributed by atoms with Gasteiger partial charge in [-0.1, -0.05) is 6.07 Å². The minimum atomic E-state index is -4.86. The van der Waals surface area contributed by atoms with Crippen molar-refractivity contribution < 1.29 is 36.9 Å². The molecule has 0 fully saturated rings. The minimum Gasteiger partial charge on any atom is -0.490 e. The molecular weight excluding hydrogens is 368 g/mol. The summed E-state index contributed by atoms with van der Waals surface area (Å²) in [7, 11) is 0. The second-order valence-electron chi connectivity index (χ2n) is 6.22. The van der Waals surface area contributed by atoms with E-state index >= 15 is 0 Å². The Morgan fingerprint density at radius 3 is 2.70 bits per heavy atom. The molecule has 1 aliphatic rings. The van der Waals surface area contributed by atoms with E-state index in [9.17, 15) is 22.4 Å². The summed E-state index contributed by atoms with van der Waals surface area (Å²) in [6.45, 7) is 0. The number of fused-ring (bicyclic) bond motifs is 1. The molecule has 0 saturated carbocycles. The van der Waals surface area contributed by atoms with Crippen LogP contribution in [0.5, 0.6) is 11.5 Å². The quantitative estimate of drug-likeness (QED) is 0.741. The van der Waals surface area contributed by atoms with E-state index in [1.807, 2.05) is 0 Å². The van der Waals surface area contributed by atoms with Gasteiger partial charge in [-0.3, -0.25) is 4.79 Å². The predicted octanol–water partition coefficient (Wildman–Crippen LogP) is 4.95. The third kappa shape index (κ3) is 4.90. The molecule has 3 rings (SSSR count). The highest BCUT2D eigenvalue weighted by atomic mass is 19.4. The van der Waals surface area contributed by atoms with Gasteiger partial charge < -0.3 is 14.6 Å². The maximum absolute atomic E-state index is 14.1. The van der Waals surface area contributed by atoms with E-state index in [-0.39, 0.29) is 18.1 Å². The Hall–Kier alpha value is -2.77. The van der Waals surface area contributed by atoms with Gasteiger partial charge in [0.05, 0.1) is 6.10 Å². The summed E-state index contributed by atoms with van der Waals surface area (Å²) in [5.41, 5.74) is 1.19. The van der Waals surface area contributed by atoms with E-state index in [2.05, 4.69) is 4.74 Å². The Bertz CT molecular complexity index is 848. The van der Waals surface area contributed by atoms with Gasteiger partial charge in [-0.15, -0.1) is 13.2 Å². The maximum Gasteiger partial charge on any atom is 0.573 e. The van der Waals surface area contributed by atoms with Gasteiger partial charge in [0.25, 0.3) is 0 Å². The molecule has 2 aromatic rings. The Labute approximate surface area is 152 Å². The molecule has 1 N–H and O–H groups in total. The van der Waals surface area contributed by atoms with E-state index in [1.165, 1.54) is 0 Å². The molecule has 0 amide bonds. The Morgan fingerprint density at radius 1 is 1.22 bits per heavy atom. The lowest BCUT2D eigenvalue weighted by molar-refractivity contribution is -0.274. The van der Waals surface area contributed by atoms with Gasteiger partial charge >= 0.3 is 12.3 Å². The maximum atomic E-state index is 14.1. The number of carboxylic acids is 1. The van der Waals surface area contributed by atoms with E-state index in [0.29, 0.717) is 30.6 Å². The molecule has 0 radical (unpaired) electrons. The Balaban J connectivity index is 1.82. The van der Waals surface area contributed by atoms with Gasteiger partial charge in [0.15, 0.2) is 0 Å². The molecule has 8 heteroatoms. The smallest absolute Gasteiger partial charge is 0.490 e. The summed E-state index contributed by atoms with van der Waals surface area (Å²) in [4.78, 5) is 10.7. The molecule has 0 saturated heterocycles. The molecule has 0 aromatic heterocycles. The third-order valence-corrected chi connectivity index (χ3v) is 4.25. The number of rotatable bonds is 5. The van der Waals surface area contributed by atoms with Gasteiger partial charge in [-0.05, 0) is 60.7 Å². The number of benzene rings is 2. The first-order chi connectivity index (χ1) is 12.7. The first kappa shape index (κ1) is 19.0. The lowest BCUT2D eigenvalue weighted by Crippen LogP contribution is -2.23. The lowest BCUT2D eigenvalue weighted by Gasteiger charge is -2.26. The number of hydrogen-bond acceptors (Lipinski definition) is 3. The van der Waals surface area contributed by atoms with Crippen LogP contribution >= 0.6 is 0 Å². The van der Waals surface area contributed by atoms with Crippen molar-refractivity contribution in [1.82, 2.24) is 0 Å². The zero-order chi connectivity index (χ0) is 19.6. The second-order valence-corrected chi connectivity index (χ2v) is 6.22. The number of aliphatic carboxylic acids is 1. The van der Waals surface area contributed by atoms with Crippen LogP contribution in [0.3, 0.4) is 0 Å². The highest BCUT2D eigenvalue weighted by molar-refractivity contribution is 5.68. The number of hydrogen-bond donors (Lipinski definition) is 1. The molecule has 0 aliphatic carbocycles. The molecule has 2 aromatic carbocycles. The van der Waals surface area contributed by atoms with Crippen molar-refractivity contribution in [1.29, 1.82) is 0 Å². The molecule has 27 heavy (non-hydrogen) atoms. The fourth-order valence-electron chi connectivity index (χ4n) is 3.02. The van der Waals surface area contributed by atoms with Crippen LogP contribution in [0.25, 0.3) is 11.1 Å². The molecule has 144 valence electrons. The van der Waals surface area contributed by atoms with Gasteiger partial charge in [0, 0.05) is 12.0 Å². The van der Waals surface area contributed by atoms with E-state index < -0.39 is 23.9 Å². The minimum absolute atomic E-state index is 0.00690. The summed E-state index contributed by atoms with van der Waals surface area (Å²) in [5.74, 6) is -1.48. The molecule has 0 unspecified atom stereocenters. The molecule has 0 spiro atoms. The van der Waals surface area contributed by atoms with Crippen LogP contribution in [-0.4, -0.2) is 23.5 Å². The Kier molecular flexibility index (Phi) is 5.25. The molecular formula is C19H16F4O4. The van der Waals surface area contributed by atoms with Gasteiger partial charge in [0.1, 0.15) is 17.3 Å². The van der Waals surface area contributed by atoms with Crippen LogP contribution in [0.1, 0.15) is 24.8 Å². The standard InChI is InChI=1S/C19H16F4O4/c20-16-6-4-14(27-19(21,22)23)10-15(16)11-2-7-17-12(9-11)1-3-13(26-17)5-8-18(24)25/h2,4,6-7,9-10,13H,1,3,5,8H2,(H,24,25)/t13-/m0/s1. The lowest BCUT2D eigenvalue weighted by atomic mass is 9.95. The molecule has 1 atom stereocenters. The van der Waals surface area contributed by atoms with Crippen molar-refractivity contribution in [3.63, 3.8) is 0 Å². The summed E-state index contributed by atoms with van der Waals surface area (Å²) < 4.78 is 60.9. The summed E-state index contributed by atoms with van der Waals surface area (Å²) in [6, 6.07) is 7.68. The first-order valence-corrected chi connectivity index (χ1v) is 8.28. The molecule has 0 bridgehead atoms. The number of alkyl halides is 3. The normalized spacial score (nSPS) is 16.4. The van der Waals surface area contributed by atoms with Crippen LogP contribution in [0.15, 0.2) is 36.4 Å². The van der Waals surface area contributed by atoms with Crippen molar-refractivity contribution in [2.24, 2.45) is 0 Å². The number of carboxylic acid groups (broad SMARTS) is 1. The van der Waals surface area contributed by atoms with Crippen molar-refractivity contribution in [2.75, 3.05) is 0 Å². The van der Waals surface area contributed by atoms with Crippen molar-refractivity contribution in [3.05, 3.63) is 47.8 Å². The van der Waals surface area contributed by atoms with Gasteiger partial charge in [-0.2, -0.15) is 0 Å². The highest BCUT2D eigenvalue weighted by Gasteiger charge is 2.31. The van der Waals surface area contributed by atoms with E-state index in [4.69, 9.17) is 9.84 Å². The number of carbonyl (C=O) groups is 1. The summed E-state index contributed by atoms with van der Waals surface area (Å²) in [5, 5.41) is 8.75. The average molecular weight is 384 g/mol. The fourth-order valence-corrected chi connectivity index (χ4v) is 3.02. The molecule has 4 nitrogen and oxygen atoms in total. The number of ether oxygens (including phenoxy) is 2. The first-order valence-electron chi connectivity index (χ1n) is 8.28. The predicted molar refractivity (Wildman–Crippen MR) is 88.1 cm³/mol. The largest absolute Gasteiger partial charge is 0.573 e. The zero-order valence-corrected chi connectivity index (χ0v) is 14.1. The topological polar surface area (TPSA) is 55.8 Å². The zero-order valence-electron chi connectivity index (χ0n) is 14.1.